The molecule has 0 aromatic rings. The number of hydrogen-bond acceptors (Lipinski definition) is 3. The van der Waals surface area contributed by atoms with E-state index in [1.165, 1.54) is 0 Å². The van der Waals surface area contributed by atoms with Gasteiger partial charge in [-0.1, -0.05) is 32.4 Å². The van der Waals surface area contributed by atoms with Crippen LogP contribution in [-0.4, -0.2) is 11.1 Å². The minimum absolute atomic E-state index is 0. The van der Waals surface area contributed by atoms with Crippen LogP contribution in [0.3, 0.4) is 0 Å². The summed E-state index contributed by atoms with van der Waals surface area (Å²) in [4.78, 5) is 0. The van der Waals surface area contributed by atoms with Crippen molar-refractivity contribution in [1.82, 2.24) is 0 Å². The number of rotatable bonds is 2. The maximum Gasteiger partial charge on any atom is 1.00 e. The van der Waals surface area contributed by atoms with Crippen LogP contribution in [0.5, 0.6) is 0 Å². The quantitative estimate of drug-likeness (QED) is 0.282. The van der Waals surface area contributed by atoms with Gasteiger partial charge in [-0.15, -0.1) is 0 Å². The van der Waals surface area contributed by atoms with Crippen LogP contribution in [-0.2, 0) is 19.1 Å². The molecule has 0 unspecified atom stereocenters. The Hall–Kier alpha value is 1.43. The molecule has 0 spiro atoms. The van der Waals surface area contributed by atoms with E-state index in [1.807, 2.05) is 0 Å². The van der Waals surface area contributed by atoms with Crippen molar-refractivity contribution < 1.29 is 38.0 Å². The molecule has 0 aliphatic rings. The van der Waals surface area contributed by atoms with Crippen LogP contribution in [0.4, 0.5) is 0 Å². The molecule has 0 saturated carbocycles. The van der Waals surface area contributed by atoms with Crippen molar-refractivity contribution in [3.63, 3.8) is 0 Å². The van der Waals surface area contributed by atoms with Crippen molar-refractivity contribution in [1.29, 1.82) is 0 Å². The van der Waals surface area contributed by atoms with E-state index in [0.29, 0.717) is 5.33 Å². The zero-order chi connectivity index (χ0) is 4.99. The van der Waals surface area contributed by atoms with E-state index in [2.05, 4.69) is 15.9 Å². The molecule has 0 aromatic heterocycles. The van der Waals surface area contributed by atoms with Gasteiger partial charge in [0.1, 0.15) is 0 Å². The summed E-state index contributed by atoms with van der Waals surface area (Å²) < 4.78 is 19.1. The third-order valence-corrected chi connectivity index (χ3v) is 1.70. The number of alkyl halides is 1. The van der Waals surface area contributed by atoms with Crippen molar-refractivity contribution in [3.8, 4) is 0 Å². The van der Waals surface area contributed by atoms with Gasteiger partial charge >= 0.3 is 29.6 Å². The summed E-state index contributed by atoms with van der Waals surface area (Å²) in [5.74, 6) is 0.208. The molecule has 0 bridgehead atoms. The van der Waals surface area contributed by atoms with E-state index in [9.17, 15) is 8.42 Å². The van der Waals surface area contributed by atoms with E-state index in [-0.39, 0.29) is 35.3 Å². The van der Waals surface area contributed by atoms with Crippen LogP contribution in [0.25, 0.3) is 0 Å². The van der Waals surface area contributed by atoms with E-state index in [4.69, 9.17) is 0 Å². The maximum atomic E-state index is 9.57. The van der Waals surface area contributed by atoms with Crippen LogP contribution in [0.15, 0.2) is 0 Å². The van der Waals surface area contributed by atoms with E-state index >= 15 is 0 Å². The summed E-state index contributed by atoms with van der Waals surface area (Å²) in [6, 6.07) is 0. The average Bonchev–Trinajstić information content (AvgIpc) is 1.35. The molecular weight excluding hydrogens is 191 g/mol. The number of hydrogen-bond donors (Lipinski definition) is 0. The van der Waals surface area contributed by atoms with Crippen LogP contribution >= 0.6 is 15.9 Å². The molecule has 5 heteroatoms. The van der Waals surface area contributed by atoms with Crippen LogP contribution < -0.4 is 29.6 Å². The fraction of sp³-hybridized carbons (Fsp3) is 1.00. The Kier molecular flexibility index (Phi) is 11.9. The fourth-order valence-electron chi connectivity index (χ4n) is 0.0630. The molecule has 7 heavy (non-hydrogen) atoms. The van der Waals surface area contributed by atoms with Crippen molar-refractivity contribution in [3.05, 3.63) is 0 Å². The predicted molar refractivity (Wildman–Crippen MR) is 27.4 cm³/mol. The third kappa shape index (κ3) is 11.2. The molecule has 0 N–H and O–H groups in total. The maximum absolute atomic E-state index is 9.57. The van der Waals surface area contributed by atoms with Gasteiger partial charge in [0, 0.05) is 0 Å². The Bertz CT molecular complexity index is 83.7. The molecule has 0 amide bonds. The van der Waals surface area contributed by atoms with Gasteiger partial charge in [0.2, 0.25) is 0 Å². The van der Waals surface area contributed by atoms with Crippen LogP contribution in [0, 0.1) is 0 Å². The molecule has 0 heterocycles. The molecule has 0 fully saturated rings. The summed E-state index contributed by atoms with van der Waals surface area (Å²) in [5, 5.41) is 0.531. The zero-order valence-corrected chi connectivity index (χ0v) is 8.42. The standard InChI is InChI=1S/C2H4BrO2S.Na/c3-1-2-6(4)5;/h1-2H2;/q-1;+1. The molecule has 0 rings (SSSR count). The van der Waals surface area contributed by atoms with Gasteiger partial charge in [0.25, 0.3) is 0 Å². The SMILES string of the molecule is O=[S-](=O)CCBr.[Na+]. The molecule has 0 aliphatic carbocycles. The van der Waals surface area contributed by atoms with Crippen molar-refractivity contribution in [2.45, 2.75) is 0 Å². The second-order valence-corrected chi connectivity index (χ2v) is 2.51. The third-order valence-electron chi connectivity index (χ3n) is 0.244. The van der Waals surface area contributed by atoms with Crippen molar-refractivity contribution in [2.75, 3.05) is 11.1 Å². The van der Waals surface area contributed by atoms with Gasteiger partial charge in [0.05, 0.1) is 0 Å². The smallest absolute Gasteiger partial charge is 0.424 e. The topological polar surface area (TPSA) is 34.1 Å². The first-order valence-corrected chi connectivity index (χ1v) is 3.75. The molecule has 0 aromatic carbocycles. The fourth-order valence-corrected chi connectivity index (χ4v) is 0.982. The van der Waals surface area contributed by atoms with E-state index < -0.39 is 10.7 Å². The Labute approximate surface area is 75.0 Å². The predicted octanol–water partition coefficient (Wildman–Crippen LogP) is -2.31. The normalized spacial score (nSPS) is 8.29. The molecule has 0 aliphatic heterocycles. The molecule has 0 radical (unpaired) electrons. The molecular formula is C2H4BrNaO2S. The summed E-state index contributed by atoms with van der Waals surface area (Å²) in [6.45, 7) is 0. The molecule has 0 atom stereocenters. The first-order valence-electron chi connectivity index (χ1n) is 1.39. The van der Waals surface area contributed by atoms with Gasteiger partial charge in [-0.25, -0.2) is 0 Å². The monoisotopic (exact) mass is 194 g/mol. The Morgan fingerprint density at radius 2 is 1.86 bits per heavy atom. The second-order valence-electron chi connectivity index (χ2n) is 0.697. The molecule has 2 nitrogen and oxygen atoms in total. The van der Waals surface area contributed by atoms with Gasteiger partial charge < -0.3 is 8.42 Å². The summed E-state index contributed by atoms with van der Waals surface area (Å²) in [7, 11) is -1.86. The first-order chi connectivity index (χ1) is 2.77. The van der Waals surface area contributed by atoms with Crippen molar-refractivity contribution >= 4 is 26.6 Å². The number of halogens is 1. The van der Waals surface area contributed by atoms with Gasteiger partial charge in [-0.05, 0) is 5.33 Å². The Balaban J connectivity index is 0. The molecule has 38 valence electrons. The Morgan fingerprint density at radius 1 is 1.43 bits per heavy atom. The summed E-state index contributed by atoms with van der Waals surface area (Å²) in [6.07, 6.45) is 0. The largest absolute Gasteiger partial charge is 1.00 e. The zero-order valence-electron chi connectivity index (χ0n) is 4.02. The van der Waals surface area contributed by atoms with Crippen molar-refractivity contribution in [2.24, 2.45) is 0 Å². The van der Waals surface area contributed by atoms with Crippen LogP contribution in [0.2, 0.25) is 0 Å². The van der Waals surface area contributed by atoms with Gasteiger partial charge in [-0.2, -0.15) is 0 Å². The minimum Gasteiger partial charge on any atom is -0.424 e. The second kappa shape index (κ2) is 7.43. The van der Waals surface area contributed by atoms with Crippen LogP contribution in [0.1, 0.15) is 0 Å². The molecule has 0 saturated heterocycles. The van der Waals surface area contributed by atoms with Gasteiger partial charge in [-0.3, -0.25) is 0 Å². The van der Waals surface area contributed by atoms with E-state index in [0.717, 1.165) is 0 Å². The minimum atomic E-state index is -1.86. The summed E-state index contributed by atoms with van der Waals surface area (Å²) >= 11 is 2.96. The Morgan fingerprint density at radius 3 is 1.86 bits per heavy atom. The van der Waals surface area contributed by atoms with E-state index in [1.54, 1.807) is 0 Å². The van der Waals surface area contributed by atoms with Gasteiger partial charge in [0.15, 0.2) is 0 Å². The first kappa shape index (κ1) is 11.3. The summed E-state index contributed by atoms with van der Waals surface area (Å²) in [5.41, 5.74) is 0. The average molecular weight is 195 g/mol.